The zero-order valence-corrected chi connectivity index (χ0v) is 43.3. The minimum Gasteiger partial charge on any atom is -0.508 e. The van der Waals surface area contributed by atoms with E-state index < -0.39 is 58.3 Å². The zero-order chi connectivity index (χ0) is 54.5. The molecule has 1 aliphatic heterocycles. The first-order valence-corrected chi connectivity index (χ1v) is 27.3. The quantitative estimate of drug-likeness (QED) is 0.0152. The van der Waals surface area contributed by atoms with Gasteiger partial charge >= 0.3 is 27.3 Å². The van der Waals surface area contributed by atoms with Crippen molar-refractivity contribution in [3.8, 4) is 22.6 Å². The Hall–Kier alpha value is -5.44. The van der Waals surface area contributed by atoms with Crippen LogP contribution in [0.4, 0.5) is 5.82 Å². The summed E-state index contributed by atoms with van der Waals surface area (Å²) < 4.78 is 78.0. The van der Waals surface area contributed by atoms with E-state index in [1.165, 1.54) is 42.6 Å². The smallest absolute Gasteiger partial charge is 0.472 e. The fraction of sp³-hybridized carbons (Fsp3) is 0.469. The van der Waals surface area contributed by atoms with Gasteiger partial charge in [-0.2, -0.15) is 4.98 Å². The van der Waals surface area contributed by atoms with Gasteiger partial charge in [-0.05, 0) is 100 Å². The largest absolute Gasteiger partial charge is 0.508 e. The lowest BCUT2D eigenvalue weighted by Crippen LogP contribution is -2.28. The number of benzene rings is 4. The number of phosphoric acid groups is 2. The number of carboxylic acid groups (broad SMARTS) is 1. The first-order chi connectivity index (χ1) is 36.5. The Kier molecular flexibility index (Phi) is 23.5. The molecule has 9 N–H and O–H groups in total. The van der Waals surface area contributed by atoms with Gasteiger partial charge in [0.05, 0.1) is 104 Å². The van der Waals surface area contributed by atoms with E-state index in [1.54, 1.807) is 30.3 Å². The highest BCUT2D eigenvalue weighted by atomic mass is 31.2. The highest BCUT2D eigenvalue weighted by molar-refractivity contribution is 7.47. The number of hydrogen-bond donors (Lipinski definition) is 8. The van der Waals surface area contributed by atoms with Gasteiger partial charge in [0.15, 0.2) is 0 Å². The van der Waals surface area contributed by atoms with Crippen molar-refractivity contribution in [3.05, 3.63) is 94.5 Å². The van der Waals surface area contributed by atoms with Gasteiger partial charge in [0.1, 0.15) is 29.6 Å². The zero-order valence-electron chi connectivity index (χ0n) is 41.5. The molecule has 1 aromatic heterocycles. The SMILES string of the molecule is Nc1ccn([C@H]2CC(O)[C@@H](COP(=O)(O)OCCOCCOCCOCCOCCOCCOP(=O)(O)OCCCCCCNC(=O)c3ccc(C(=O)O)c(-c4c5ccc(O)cc5cc5cc(O)ccc45)c3)O2)c(=O)n1. The molecule has 5 atom stereocenters. The van der Waals surface area contributed by atoms with E-state index >= 15 is 0 Å². The number of carboxylic acids is 1. The standard InChI is InChI=1S/C49H64N4O21P2/c50-44-11-13-53(49(60)52-44)45-31-42(56)43(74-45)32-73-76(63,64)72-26-24-69-22-20-67-18-16-65-15-17-66-19-21-68-23-25-71-75(61,62)70-14-4-2-1-3-12-51-47(57)33-5-8-40(48(58)59)41(30-33)46-38-9-6-36(54)28-34(38)27-35-29-37(55)7-10-39(35)46/h5-11,13,27-30,42-43,45,54-56H,1-4,12,14-26,31-32H2,(H,51,57)(H,58,59)(H,61,62)(H,63,64)(H2,50,52,60)/t42?,43-,45-/m1/s1. The molecule has 1 aliphatic rings. The number of ether oxygens (including phenoxy) is 6. The number of carbonyl (C=O) groups is 2. The molecule has 0 bridgehead atoms. The predicted molar refractivity (Wildman–Crippen MR) is 273 cm³/mol. The Bertz CT molecular complexity index is 2800. The summed E-state index contributed by atoms with van der Waals surface area (Å²) in [6, 6.07) is 17.0. The Balaban J connectivity index is 0.715. The molecule has 76 heavy (non-hydrogen) atoms. The summed E-state index contributed by atoms with van der Waals surface area (Å²) in [5.74, 6) is -1.52. The van der Waals surface area contributed by atoms with Gasteiger partial charge in [-0.3, -0.25) is 27.5 Å². The number of aliphatic hydroxyl groups is 1. The molecule has 25 nitrogen and oxygen atoms in total. The van der Waals surface area contributed by atoms with Crippen LogP contribution < -0.4 is 16.7 Å². The van der Waals surface area contributed by atoms with Crippen LogP contribution >= 0.6 is 15.6 Å². The molecule has 0 radical (unpaired) electrons. The lowest BCUT2D eigenvalue weighted by atomic mass is 9.88. The number of hydrogen-bond acceptors (Lipinski definition) is 20. The number of nitrogens with zero attached hydrogens (tertiary/aromatic N) is 2. The van der Waals surface area contributed by atoms with Crippen molar-refractivity contribution in [2.45, 2.75) is 50.5 Å². The van der Waals surface area contributed by atoms with Crippen molar-refractivity contribution < 1.29 is 95.4 Å². The average Bonchev–Trinajstić information content (AvgIpc) is 3.76. The van der Waals surface area contributed by atoms with Crippen LogP contribution in [0.1, 0.15) is 59.0 Å². The second kappa shape index (κ2) is 29.9. The summed E-state index contributed by atoms with van der Waals surface area (Å²) in [5.41, 5.74) is 5.90. The van der Waals surface area contributed by atoms with E-state index in [1.807, 2.05) is 0 Å². The molecular formula is C49H64N4O21P2. The molecule has 5 aromatic rings. The van der Waals surface area contributed by atoms with Crippen LogP contribution in [0.15, 0.2) is 77.7 Å². The Morgan fingerprint density at radius 3 is 1.76 bits per heavy atom. The average molecular weight is 1110 g/mol. The minimum atomic E-state index is -4.48. The number of unbranched alkanes of at least 4 members (excludes halogenated alkanes) is 3. The number of anilines is 1. The van der Waals surface area contributed by atoms with E-state index in [2.05, 4.69) is 10.3 Å². The monoisotopic (exact) mass is 1110 g/mol. The Morgan fingerprint density at radius 1 is 0.684 bits per heavy atom. The van der Waals surface area contributed by atoms with Crippen LogP contribution in [0.3, 0.4) is 0 Å². The molecular weight excluding hydrogens is 1040 g/mol. The number of fused-ring (bicyclic) bond motifs is 2. The number of rotatable bonds is 35. The van der Waals surface area contributed by atoms with Crippen LogP contribution in [0.25, 0.3) is 32.7 Å². The number of nitrogens with one attached hydrogen (secondary N) is 1. The van der Waals surface area contributed by atoms with E-state index in [-0.39, 0.29) is 101 Å². The fourth-order valence-corrected chi connectivity index (χ4v) is 9.32. The van der Waals surface area contributed by atoms with E-state index in [9.17, 15) is 53.7 Å². The third-order valence-electron chi connectivity index (χ3n) is 11.5. The second-order valence-electron chi connectivity index (χ2n) is 17.1. The summed E-state index contributed by atoms with van der Waals surface area (Å²) >= 11 is 0. The highest BCUT2D eigenvalue weighted by Gasteiger charge is 2.37. The van der Waals surface area contributed by atoms with Crippen molar-refractivity contribution in [1.82, 2.24) is 14.9 Å². The number of aliphatic hydroxyl groups excluding tert-OH is 1. The lowest BCUT2D eigenvalue weighted by molar-refractivity contribution is -0.0475. The van der Waals surface area contributed by atoms with Crippen LogP contribution in [0.2, 0.25) is 0 Å². The van der Waals surface area contributed by atoms with E-state index in [0.717, 1.165) is 4.57 Å². The van der Waals surface area contributed by atoms with Crippen molar-refractivity contribution in [3.63, 3.8) is 0 Å². The first-order valence-electron chi connectivity index (χ1n) is 24.4. The van der Waals surface area contributed by atoms with Crippen LogP contribution in [0.5, 0.6) is 11.5 Å². The third-order valence-corrected chi connectivity index (χ3v) is 13.5. The van der Waals surface area contributed by atoms with Crippen molar-refractivity contribution in [2.24, 2.45) is 0 Å². The highest BCUT2D eigenvalue weighted by Crippen LogP contribution is 2.45. The summed E-state index contributed by atoms with van der Waals surface area (Å²) in [7, 11) is -8.77. The predicted octanol–water partition coefficient (Wildman–Crippen LogP) is 4.90. The number of nitrogen functional groups attached to an aromatic ring is 1. The molecule has 3 unspecified atom stereocenters. The summed E-state index contributed by atoms with van der Waals surface area (Å²) in [5, 5.41) is 46.1. The molecule has 1 amide bonds. The number of aromatic nitrogens is 2. The molecule has 1 fully saturated rings. The molecule has 1 saturated heterocycles. The number of phosphoric ester groups is 2. The van der Waals surface area contributed by atoms with Gasteiger partial charge in [-0.15, -0.1) is 0 Å². The summed E-state index contributed by atoms with van der Waals surface area (Å²) in [4.78, 5) is 61.2. The molecule has 0 spiro atoms. The van der Waals surface area contributed by atoms with Crippen molar-refractivity contribution in [2.75, 3.05) is 105 Å². The molecule has 416 valence electrons. The second-order valence-corrected chi connectivity index (χ2v) is 20.0. The van der Waals surface area contributed by atoms with Gasteiger partial charge in [-0.25, -0.2) is 18.7 Å². The Labute approximate surface area is 436 Å². The molecule has 2 heterocycles. The first kappa shape index (κ1) is 59.8. The number of nitrogens with two attached hydrogens (primary N) is 1. The topological polar surface area (TPSA) is 355 Å². The number of aromatic carboxylic acids is 1. The summed E-state index contributed by atoms with van der Waals surface area (Å²) in [6.45, 7) is 1.52. The number of phenols is 2. The summed E-state index contributed by atoms with van der Waals surface area (Å²) in [6.07, 6.45) is 0.903. The number of carbonyl (C=O) groups excluding carboxylic acids is 1. The minimum absolute atomic E-state index is 0.0170. The molecule has 4 aromatic carbocycles. The maximum absolute atomic E-state index is 13.2. The molecule has 0 saturated carbocycles. The Morgan fingerprint density at radius 2 is 1.21 bits per heavy atom. The van der Waals surface area contributed by atoms with Crippen molar-refractivity contribution >= 4 is 54.9 Å². The van der Waals surface area contributed by atoms with Gasteiger partial charge in [0, 0.05) is 24.7 Å². The maximum atomic E-state index is 13.2. The van der Waals surface area contributed by atoms with Gasteiger partial charge < -0.3 is 69.7 Å². The van der Waals surface area contributed by atoms with Gasteiger partial charge in [0.25, 0.3) is 5.91 Å². The van der Waals surface area contributed by atoms with Gasteiger partial charge in [0.2, 0.25) is 0 Å². The normalized spacial score (nSPS) is 17.2. The number of amides is 1. The maximum Gasteiger partial charge on any atom is 0.472 e. The van der Waals surface area contributed by atoms with Gasteiger partial charge in [-0.1, -0.05) is 25.0 Å². The fourth-order valence-electron chi connectivity index (χ4n) is 7.87. The molecule has 6 rings (SSSR count). The van der Waals surface area contributed by atoms with Crippen molar-refractivity contribution in [1.29, 1.82) is 0 Å². The third kappa shape index (κ3) is 18.9. The van der Waals surface area contributed by atoms with E-state index in [0.29, 0.717) is 84.7 Å². The lowest BCUT2D eigenvalue weighted by Gasteiger charge is -2.18. The van der Waals surface area contributed by atoms with E-state index in [4.69, 9.17) is 52.2 Å². The molecule has 27 heteroatoms. The van der Waals surface area contributed by atoms with Crippen LogP contribution in [-0.4, -0.2) is 163 Å². The van der Waals surface area contributed by atoms with Crippen LogP contribution in [0, 0.1) is 0 Å². The number of aromatic hydroxyl groups is 2. The molecule has 0 aliphatic carbocycles. The van der Waals surface area contributed by atoms with Crippen LogP contribution in [-0.2, 0) is 55.6 Å². The number of phenolic OH excluding ortho intramolecular Hbond substituents is 2.